The molecule has 17 heavy (non-hydrogen) atoms. The van der Waals surface area contributed by atoms with E-state index in [1.807, 2.05) is 19.1 Å². The van der Waals surface area contributed by atoms with Gasteiger partial charge in [0.2, 0.25) is 5.88 Å². The van der Waals surface area contributed by atoms with E-state index in [1.54, 1.807) is 18.3 Å². The molecule has 0 aliphatic heterocycles. The highest BCUT2D eigenvalue weighted by Crippen LogP contribution is 2.34. The van der Waals surface area contributed by atoms with Crippen LogP contribution in [0.1, 0.15) is 5.56 Å². The number of aromatic nitrogens is 1. The van der Waals surface area contributed by atoms with Crippen LogP contribution < -0.4 is 4.74 Å². The van der Waals surface area contributed by atoms with Crippen molar-refractivity contribution in [3.05, 3.63) is 50.0 Å². The predicted molar refractivity (Wildman–Crippen MR) is 75.9 cm³/mol. The normalized spacial score (nSPS) is 10.4. The van der Waals surface area contributed by atoms with E-state index >= 15 is 0 Å². The van der Waals surface area contributed by atoms with E-state index < -0.39 is 0 Å². The lowest BCUT2D eigenvalue weighted by Crippen LogP contribution is -1.91. The highest BCUT2D eigenvalue weighted by atomic mass is 79.9. The number of pyridine rings is 1. The van der Waals surface area contributed by atoms with Gasteiger partial charge in [-0.1, -0.05) is 27.5 Å². The van der Waals surface area contributed by atoms with Gasteiger partial charge in [-0.25, -0.2) is 4.98 Å². The van der Waals surface area contributed by atoms with E-state index in [9.17, 15) is 0 Å². The van der Waals surface area contributed by atoms with E-state index in [4.69, 9.17) is 16.3 Å². The molecule has 1 heterocycles. The van der Waals surface area contributed by atoms with Crippen molar-refractivity contribution in [2.24, 2.45) is 0 Å². The second-order valence-corrected chi connectivity index (χ2v) is 5.54. The lowest BCUT2D eigenvalue weighted by atomic mass is 10.3. The Kier molecular flexibility index (Phi) is 4.07. The van der Waals surface area contributed by atoms with Crippen molar-refractivity contribution < 1.29 is 4.74 Å². The summed E-state index contributed by atoms with van der Waals surface area (Å²) < 4.78 is 7.41. The lowest BCUT2D eigenvalue weighted by Gasteiger charge is -2.09. The van der Waals surface area contributed by atoms with Gasteiger partial charge in [-0.15, -0.1) is 0 Å². The van der Waals surface area contributed by atoms with Crippen LogP contribution in [0.15, 0.2) is 39.4 Å². The van der Waals surface area contributed by atoms with Crippen LogP contribution in [0, 0.1) is 6.92 Å². The first-order valence-corrected chi connectivity index (χ1v) is 6.78. The topological polar surface area (TPSA) is 22.1 Å². The minimum Gasteiger partial charge on any atom is -0.436 e. The fourth-order valence-electron chi connectivity index (χ4n) is 1.25. The maximum absolute atomic E-state index is 6.07. The summed E-state index contributed by atoms with van der Waals surface area (Å²) >= 11 is 12.9. The van der Waals surface area contributed by atoms with Gasteiger partial charge in [0.1, 0.15) is 5.75 Å². The summed E-state index contributed by atoms with van der Waals surface area (Å²) in [5.74, 6) is 1.09. The number of halogens is 3. The van der Waals surface area contributed by atoms with Crippen LogP contribution in [0.4, 0.5) is 0 Å². The van der Waals surface area contributed by atoms with Crippen molar-refractivity contribution in [3.8, 4) is 11.6 Å². The second-order valence-electron chi connectivity index (χ2n) is 3.42. The van der Waals surface area contributed by atoms with Crippen LogP contribution in [-0.2, 0) is 0 Å². The average Bonchev–Trinajstić information content (AvgIpc) is 2.28. The van der Waals surface area contributed by atoms with Crippen LogP contribution in [0.2, 0.25) is 5.02 Å². The fraction of sp³-hybridized carbons (Fsp3) is 0.0833. The number of benzene rings is 1. The molecule has 2 rings (SSSR count). The predicted octanol–water partition coefficient (Wildman–Crippen LogP) is 5.36. The third-order valence-electron chi connectivity index (χ3n) is 2.15. The van der Waals surface area contributed by atoms with Crippen LogP contribution in [-0.4, -0.2) is 4.98 Å². The lowest BCUT2D eigenvalue weighted by molar-refractivity contribution is 0.459. The highest BCUT2D eigenvalue weighted by Gasteiger charge is 2.09. The molecule has 1 aromatic heterocycles. The maximum Gasteiger partial charge on any atom is 0.233 e. The summed E-state index contributed by atoms with van der Waals surface area (Å²) in [6.45, 7) is 1.97. The van der Waals surface area contributed by atoms with Crippen molar-refractivity contribution in [2.45, 2.75) is 6.92 Å². The van der Waals surface area contributed by atoms with E-state index in [2.05, 4.69) is 36.8 Å². The first-order chi connectivity index (χ1) is 8.08. The molecular weight excluding hydrogens is 369 g/mol. The van der Waals surface area contributed by atoms with Gasteiger partial charge in [-0.2, -0.15) is 0 Å². The molecule has 0 amide bonds. The summed E-state index contributed by atoms with van der Waals surface area (Å²) in [4.78, 5) is 4.16. The van der Waals surface area contributed by atoms with Crippen molar-refractivity contribution in [1.82, 2.24) is 4.98 Å². The number of aryl methyl sites for hydroxylation is 1. The Balaban J connectivity index is 2.35. The monoisotopic (exact) mass is 375 g/mol. The molecule has 0 radical (unpaired) electrons. The molecule has 2 nitrogen and oxygen atoms in total. The summed E-state index contributed by atoms with van der Waals surface area (Å²) in [6.07, 6.45) is 1.70. The van der Waals surface area contributed by atoms with Crippen LogP contribution >= 0.6 is 43.5 Å². The summed E-state index contributed by atoms with van der Waals surface area (Å²) in [5, 5.41) is 0.537. The maximum atomic E-state index is 6.07. The molecule has 0 saturated carbocycles. The number of hydrogen-bond acceptors (Lipinski definition) is 2. The molecule has 88 valence electrons. The first-order valence-electron chi connectivity index (χ1n) is 4.82. The van der Waals surface area contributed by atoms with Gasteiger partial charge in [-0.3, -0.25) is 0 Å². The molecular formula is C12H8Br2ClNO. The smallest absolute Gasteiger partial charge is 0.233 e. The number of nitrogens with zero attached hydrogens (tertiary/aromatic N) is 1. The fourth-order valence-corrected chi connectivity index (χ4v) is 2.28. The Morgan fingerprint density at radius 3 is 2.71 bits per heavy atom. The summed E-state index contributed by atoms with van der Waals surface area (Å²) in [6, 6.07) is 7.34. The van der Waals surface area contributed by atoms with Gasteiger partial charge in [0, 0.05) is 10.7 Å². The van der Waals surface area contributed by atoms with Gasteiger partial charge in [0.25, 0.3) is 0 Å². The molecule has 0 aliphatic rings. The van der Waals surface area contributed by atoms with Crippen molar-refractivity contribution in [1.29, 1.82) is 0 Å². The molecule has 0 unspecified atom stereocenters. The second kappa shape index (κ2) is 5.38. The zero-order chi connectivity index (χ0) is 12.4. The molecule has 0 aliphatic carbocycles. The molecule has 0 fully saturated rings. The molecule has 1 aromatic carbocycles. The van der Waals surface area contributed by atoms with Crippen molar-refractivity contribution >= 4 is 43.5 Å². The van der Waals surface area contributed by atoms with E-state index in [1.165, 1.54) is 0 Å². The number of hydrogen-bond donors (Lipinski definition) is 0. The Labute approximate surface area is 121 Å². The van der Waals surface area contributed by atoms with E-state index in [0.29, 0.717) is 16.7 Å². The van der Waals surface area contributed by atoms with E-state index in [-0.39, 0.29) is 0 Å². The van der Waals surface area contributed by atoms with E-state index in [0.717, 1.165) is 14.5 Å². The SMILES string of the molecule is Cc1ccnc(Oc2ccc(Br)cc2Cl)c1Br. The Morgan fingerprint density at radius 1 is 1.24 bits per heavy atom. The van der Waals surface area contributed by atoms with Crippen LogP contribution in [0.25, 0.3) is 0 Å². The summed E-state index contributed by atoms with van der Waals surface area (Å²) in [7, 11) is 0. The average molecular weight is 377 g/mol. The third-order valence-corrected chi connectivity index (χ3v) is 3.90. The van der Waals surface area contributed by atoms with Crippen molar-refractivity contribution in [2.75, 3.05) is 0 Å². The van der Waals surface area contributed by atoms with Crippen LogP contribution in [0.5, 0.6) is 11.6 Å². The minimum absolute atomic E-state index is 0.509. The quantitative estimate of drug-likeness (QED) is 0.703. The van der Waals surface area contributed by atoms with Crippen molar-refractivity contribution in [3.63, 3.8) is 0 Å². The molecule has 0 atom stereocenters. The first kappa shape index (κ1) is 12.9. The zero-order valence-corrected chi connectivity index (χ0v) is 12.8. The minimum atomic E-state index is 0.509. The van der Waals surface area contributed by atoms with Gasteiger partial charge in [0.15, 0.2) is 0 Å². The molecule has 2 aromatic rings. The molecule has 0 saturated heterocycles. The largest absolute Gasteiger partial charge is 0.436 e. The van der Waals surface area contributed by atoms with Crippen LogP contribution in [0.3, 0.4) is 0 Å². The van der Waals surface area contributed by atoms with Gasteiger partial charge < -0.3 is 4.74 Å². The van der Waals surface area contributed by atoms with Gasteiger partial charge in [-0.05, 0) is 52.7 Å². The molecule has 0 N–H and O–H groups in total. The zero-order valence-electron chi connectivity index (χ0n) is 8.88. The standard InChI is InChI=1S/C12H8Br2ClNO/c1-7-4-5-16-12(11(7)14)17-10-3-2-8(13)6-9(10)15/h2-6H,1H3. The Hall–Kier alpha value is -0.580. The Morgan fingerprint density at radius 2 is 2.00 bits per heavy atom. The number of ether oxygens (including phenoxy) is 1. The Bertz CT molecular complexity index is 560. The highest BCUT2D eigenvalue weighted by molar-refractivity contribution is 9.10. The van der Waals surface area contributed by atoms with Gasteiger partial charge >= 0.3 is 0 Å². The summed E-state index contributed by atoms with van der Waals surface area (Å²) in [5.41, 5.74) is 1.06. The third kappa shape index (κ3) is 3.00. The number of rotatable bonds is 2. The molecule has 5 heteroatoms. The van der Waals surface area contributed by atoms with Gasteiger partial charge in [0.05, 0.1) is 9.50 Å². The molecule has 0 bridgehead atoms. The molecule has 0 spiro atoms.